The van der Waals surface area contributed by atoms with Crippen molar-refractivity contribution >= 4 is 11.8 Å². The maximum absolute atomic E-state index is 5.86. The lowest BCUT2D eigenvalue weighted by atomic mass is 10.2. The van der Waals surface area contributed by atoms with Crippen molar-refractivity contribution in [2.45, 2.75) is 44.1 Å². The van der Waals surface area contributed by atoms with Crippen molar-refractivity contribution in [3.63, 3.8) is 0 Å². The van der Waals surface area contributed by atoms with Gasteiger partial charge in [-0.1, -0.05) is 0 Å². The van der Waals surface area contributed by atoms with E-state index < -0.39 is 0 Å². The van der Waals surface area contributed by atoms with Crippen molar-refractivity contribution in [3.8, 4) is 0 Å². The molecule has 0 radical (unpaired) electrons. The molecule has 0 spiro atoms. The second-order valence-corrected chi connectivity index (χ2v) is 6.11. The molecule has 1 unspecified atom stereocenters. The molecule has 2 atom stereocenters. The van der Waals surface area contributed by atoms with E-state index in [1.54, 1.807) is 0 Å². The van der Waals surface area contributed by atoms with Crippen LogP contribution in [0.15, 0.2) is 0 Å². The highest BCUT2D eigenvalue weighted by Gasteiger charge is 2.32. The molecule has 1 rings (SSSR count). The number of thioether (sulfide) groups is 1. The van der Waals surface area contributed by atoms with Crippen LogP contribution >= 0.6 is 11.8 Å². The van der Waals surface area contributed by atoms with Crippen LogP contribution in [-0.2, 0) is 4.74 Å². The zero-order chi connectivity index (χ0) is 10.8. The molecule has 1 saturated heterocycles. The first-order valence-corrected chi connectivity index (χ1v) is 6.60. The zero-order valence-corrected chi connectivity index (χ0v) is 10.9. The maximum atomic E-state index is 5.86. The summed E-state index contributed by atoms with van der Waals surface area (Å²) >= 11 is 1.97. The van der Waals surface area contributed by atoms with E-state index in [0.717, 1.165) is 11.9 Å². The molecule has 0 aliphatic carbocycles. The molecule has 14 heavy (non-hydrogen) atoms. The Balaban J connectivity index is 2.41. The minimum atomic E-state index is -0.00755. The molecule has 1 aliphatic heterocycles. The summed E-state index contributed by atoms with van der Waals surface area (Å²) in [7, 11) is 2.20. The molecule has 0 amide bonds. The van der Waals surface area contributed by atoms with Crippen LogP contribution < -0.4 is 0 Å². The fourth-order valence-electron chi connectivity index (χ4n) is 1.82. The summed E-state index contributed by atoms with van der Waals surface area (Å²) in [6.07, 6.45) is 3.50. The third-order valence-electron chi connectivity index (χ3n) is 2.75. The second-order valence-electron chi connectivity index (χ2n) is 5.03. The van der Waals surface area contributed by atoms with Crippen molar-refractivity contribution in [1.82, 2.24) is 4.90 Å². The highest BCUT2D eigenvalue weighted by atomic mass is 32.2. The largest absolute Gasteiger partial charge is 0.374 e. The summed E-state index contributed by atoms with van der Waals surface area (Å²) < 4.78 is 5.86. The predicted octanol–water partition coefficient (Wildman–Crippen LogP) is 2.24. The van der Waals surface area contributed by atoms with Crippen LogP contribution in [0.4, 0.5) is 0 Å². The molecule has 0 N–H and O–H groups in total. The van der Waals surface area contributed by atoms with E-state index >= 15 is 0 Å². The number of likely N-dealkylation sites (tertiary alicyclic amines) is 1. The van der Waals surface area contributed by atoms with Crippen LogP contribution in [0.3, 0.4) is 0 Å². The summed E-state index contributed by atoms with van der Waals surface area (Å²) in [5.74, 6) is 0. The van der Waals surface area contributed by atoms with Gasteiger partial charge in [-0.2, -0.15) is 11.8 Å². The van der Waals surface area contributed by atoms with E-state index in [2.05, 4.69) is 39.0 Å². The Hall–Kier alpha value is 0.270. The van der Waals surface area contributed by atoms with Gasteiger partial charge in [-0.05, 0) is 47.0 Å². The molecule has 0 aromatic rings. The van der Waals surface area contributed by atoms with Crippen LogP contribution in [-0.4, -0.2) is 48.2 Å². The molecule has 0 aromatic heterocycles. The van der Waals surface area contributed by atoms with Gasteiger partial charge in [-0.3, -0.25) is 4.90 Å². The smallest absolute Gasteiger partial charge is 0.0639 e. The number of ether oxygens (including phenoxy) is 1. The molecule has 0 bridgehead atoms. The van der Waals surface area contributed by atoms with Gasteiger partial charge in [-0.15, -0.1) is 0 Å². The first-order valence-electron chi connectivity index (χ1n) is 5.31. The molecule has 3 heteroatoms. The summed E-state index contributed by atoms with van der Waals surface area (Å²) in [6.45, 7) is 8.44. The van der Waals surface area contributed by atoms with E-state index in [1.807, 2.05) is 11.8 Å². The van der Waals surface area contributed by atoms with E-state index in [1.165, 1.54) is 13.0 Å². The van der Waals surface area contributed by atoms with E-state index in [0.29, 0.717) is 6.04 Å². The van der Waals surface area contributed by atoms with E-state index in [4.69, 9.17) is 4.74 Å². The van der Waals surface area contributed by atoms with Crippen LogP contribution in [0, 0.1) is 0 Å². The fraction of sp³-hybridized carbons (Fsp3) is 1.00. The maximum Gasteiger partial charge on any atom is 0.0639 e. The Morgan fingerprint density at radius 3 is 2.57 bits per heavy atom. The molecule has 1 aliphatic rings. The van der Waals surface area contributed by atoms with Crippen LogP contribution in [0.5, 0.6) is 0 Å². The third kappa shape index (κ3) is 3.44. The average Bonchev–Trinajstić information content (AvgIpc) is 2.41. The minimum absolute atomic E-state index is 0.00755. The SMILES string of the molecule is CSC1CCN(C)[C@@H]1COC(C)(C)C. The van der Waals surface area contributed by atoms with Gasteiger partial charge in [0, 0.05) is 11.3 Å². The van der Waals surface area contributed by atoms with Crippen molar-refractivity contribution < 1.29 is 4.74 Å². The normalized spacial score (nSPS) is 29.8. The van der Waals surface area contributed by atoms with Crippen LogP contribution in [0.25, 0.3) is 0 Å². The van der Waals surface area contributed by atoms with Gasteiger partial charge >= 0.3 is 0 Å². The molecule has 0 saturated carbocycles. The van der Waals surface area contributed by atoms with E-state index in [9.17, 15) is 0 Å². The van der Waals surface area contributed by atoms with Crippen molar-refractivity contribution in [3.05, 3.63) is 0 Å². The lowest BCUT2D eigenvalue weighted by Crippen LogP contribution is -2.38. The first kappa shape index (κ1) is 12.3. The predicted molar refractivity (Wildman–Crippen MR) is 64.0 cm³/mol. The molecule has 1 fully saturated rings. The molecule has 0 aromatic carbocycles. The standard InChI is InChI=1S/C11H23NOS/c1-11(2,3)13-8-9-10(14-5)6-7-12(9)4/h9-10H,6-8H2,1-5H3/t9-,10?/m1/s1. The monoisotopic (exact) mass is 217 g/mol. The van der Waals surface area contributed by atoms with Gasteiger partial charge in [0.1, 0.15) is 0 Å². The number of rotatable bonds is 3. The van der Waals surface area contributed by atoms with Gasteiger partial charge in [0.2, 0.25) is 0 Å². The van der Waals surface area contributed by atoms with Gasteiger partial charge in [0.25, 0.3) is 0 Å². The summed E-state index contributed by atoms with van der Waals surface area (Å²) in [5.41, 5.74) is -0.00755. The average molecular weight is 217 g/mol. The number of likely N-dealkylation sites (N-methyl/N-ethyl adjacent to an activating group) is 1. The minimum Gasteiger partial charge on any atom is -0.374 e. The lowest BCUT2D eigenvalue weighted by Gasteiger charge is -2.28. The van der Waals surface area contributed by atoms with Crippen molar-refractivity contribution in [1.29, 1.82) is 0 Å². The van der Waals surface area contributed by atoms with Gasteiger partial charge in [0.15, 0.2) is 0 Å². The number of hydrogen-bond acceptors (Lipinski definition) is 3. The fourth-order valence-corrected chi connectivity index (χ4v) is 2.76. The highest BCUT2D eigenvalue weighted by molar-refractivity contribution is 7.99. The Kier molecular flexibility index (Phi) is 4.29. The molecule has 84 valence electrons. The molecule has 2 nitrogen and oxygen atoms in total. The van der Waals surface area contributed by atoms with E-state index in [-0.39, 0.29) is 5.60 Å². The van der Waals surface area contributed by atoms with Crippen molar-refractivity contribution in [2.24, 2.45) is 0 Å². The summed E-state index contributed by atoms with van der Waals surface area (Å²) in [4.78, 5) is 2.42. The third-order valence-corrected chi connectivity index (χ3v) is 3.91. The number of nitrogens with zero attached hydrogens (tertiary/aromatic N) is 1. The second kappa shape index (κ2) is 4.86. The topological polar surface area (TPSA) is 12.5 Å². The number of hydrogen-bond donors (Lipinski definition) is 0. The molecule has 1 heterocycles. The zero-order valence-electron chi connectivity index (χ0n) is 10.0. The summed E-state index contributed by atoms with van der Waals surface area (Å²) in [6, 6.07) is 0.601. The van der Waals surface area contributed by atoms with Gasteiger partial charge in [-0.25, -0.2) is 0 Å². The Bertz CT molecular complexity index is 179. The molecular formula is C11H23NOS. The van der Waals surface area contributed by atoms with Gasteiger partial charge < -0.3 is 4.74 Å². The van der Waals surface area contributed by atoms with Crippen LogP contribution in [0.1, 0.15) is 27.2 Å². The molecular weight excluding hydrogens is 194 g/mol. The first-order chi connectivity index (χ1) is 6.44. The van der Waals surface area contributed by atoms with Crippen LogP contribution in [0.2, 0.25) is 0 Å². The Morgan fingerprint density at radius 1 is 1.43 bits per heavy atom. The summed E-state index contributed by atoms with van der Waals surface area (Å²) in [5, 5.41) is 0.752. The quantitative estimate of drug-likeness (QED) is 0.719. The highest BCUT2D eigenvalue weighted by Crippen LogP contribution is 2.27. The Morgan fingerprint density at radius 2 is 2.07 bits per heavy atom. The Labute approximate surface area is 92.4 Å². The van der Waals surface area contributed by atoms with Gasteiger partial charge in [0.05, 0.1) is 12.2 Å². The lowest BCUT2D eigenvalue weighted by molar-refractivity contribution is -0.0244. The van der Waals surface area contributed by atoms with Crippen molar-refractivity contribution in [2.75, 3.05) is 26.5 Å².